The van der Waals surface area contributed by atoms with Gasteiger partial charge in [0.2, 0.25) is 5.91 Å². The van der Waals surface area contributed by atoms with E-state index < -0.39 is 0 Å². The molecular formula is C9H18N2O2. The Hall–Kier alpha value is -0.610. The molecule has 2 N–H and O–H groups in total. The molecule has 0 bridgehead atoms. The van der Waals surface area contributed by atoms with Crippen LogP contribution in [0.2, 0.25) is 0 Å². The van der Waals surface area contributed by atoms with Crippen LogP contribution in [0.15, 0.2) is 0 Å². The van der Waals surface area contributed by atoms with Crippen molar-refractivity contribution >= 4 is 5.91 Å². The molecule has 1 atom stereocenters. The summed E-state index contributed by atoms with van der Waals surface area (Å²) in [5.41, 5.74) is -0.181. The van der Waals surface area contributed by atoms with Crippen LogP contribution in [0.25, 0.3) is 0 Å². The molecule has 0 aromatic carbocycles. The average molecular weight is 186 g/mol. The van der Waals surface area contributed by atoms with Gasteiger partial charge in [0.1, 0.15) is 6.04 Å². The fraction of sp³-hybridized carbons (Fsp3) is 0.889. The van der Waals surface area contributed by atoms with Gasteiger partial charge in [-0.2, -0.15) is 0 Å². The van der Waals surface area contributed by atoms with Gasteiger partial charge in [0.05, 0.1) is 12.2 Å². The summed E-state index contributed by atoms with van der Waals surface area (Å²) in [6.45, 7) is 7.92. The summed E-state index contributed by atoms with van der Waals surface area (Å²) >= 11 is 0. The molecule has 13 heavy (non-hydrogen) atoms. The Kier molecular flexibility index (Phi) is 3.27. The van der Waals surface area contributed by atoms with Crippen molar-refractivity contribution in [2.75, 3.05) is 19.7 Å². The lowest BCUT2D eigenvalue weighted by Gasteiger charge is -2.27. The molecule has 1 heterocycles. The van der Waals surface area contributed by atoms with Crippen molar-refractivity contribution in [1.29, 1.82) is 0 Å². The number of amides is 1. The Labute approximate surface area is 79.0 Å². The van der Waals surface area contributed by atoms with Crippen molar-refractivity contribution in [2.45, 2.75) is 32.4 Å². The highest BCUT2D eigenvalue weighted by Gasteiger charge is 2.23. The van der Waals surface area contributed by atoms with E-state index in [1.54, 1.807) is 0 Å². The number of piperazine rings is 1. The minimum Gasteiger partial charge on any atom is -0.374 e. The van der Waals surface area contributed by atoms with Gasteiger partial charge in [0.25, 0.3) is 0 Å². The van der Waals surface area contributed by atoms with Crippen LogP contribution < -0.4 is 10.6 Å². The Balaban J connectivity index is 2.31. The van der Waals surface area contributed by atoms with Crippen LogP contribution in [0.4, 0.5) is 0 Å². The van der Waals surface area contributed by atoms with E-state index in [1.165, 1.54) is 0 Å². The second kappa shape index (κ2) is 4.07. The van der Waals surface area contributed by atoms with E-state index in [0.717, 1.165) is 6.54 Å². The molecule has 1 saturated heterocycles. The van der Waals surface area contributed by atoms with E-state index in [2.05, 4.69) is 10.6 Å². The molecule has 1 aliphatic rings. The van der Waals surface area contributed by atoms with Crippen molar-refractivity contribution in [1.82, 2.24) is 10.6 Å². The normalized spacial score (nSPS) is 24.2. The van der Waals surface area contributed by atoms with E-state index in [4.69, 9.17) is 4.74 Å². The number of hydrogen-bond donors (Lipinski definition) is 2. The molecule has 4 heteroatoms. The Bertz CT molecular complexity index is 187. The fourth-order valence-electron chi connectivity index (χ4n) is 1.12. The summed E-state index contributed by atoms with van der Waals surface area (Å²) in [7, 11) is 0. The summed E-state index contributed by atoms with van der Waals surface area (Å²) in [6.07, 6.45) is 0. The lowest BCUT2D eigenvalue weighted by molar-refractivity contribution is -0.127. The highest BCUT2D eigenvalue weighted by Crippen LogP contribution is 2.07. The standard InChI is InChI=1S/C9H18N2O2/c1-9(2,3)13-6-7-8(12)11-5-4-10-7/h7,10H,4-6H2,1-3H3,(H,11,12). The third-order valence-corrected chi connectivity index (χ3v) is 1.81. The molecule has 0 aromatic heterocycles. The Morgan fingerprint density at radius 3 is 2.69 bits per heavy atom. The smallest absolute Gasteiger partial charge is 0.239 e. The summed E-state index contributed by atoms with van der Waals surface area (Å²) in [5, 5.41) is 5.89. The molecule has 4 nitrogen and oxygen atoms in total. The summed E-state index contributed by atoms with van der Waals surface area (Å²) in [6, 6.07) is -0.187. The lowest BCUT2D eigenvalue weighted by Crippen LogP contribution is -2.55. The van der Waals surface area contributed by atoms with Gasteiger partial charge in [-0.3, -0.25) is 4.79 Å². The number of ether oxygens (including phenoxy) is 1. The fourth-order valence-corrected chi connectivity index (χ4v) is 1.12. The van der Waals surface area contributed by atoms with Crippen LogP contribution in [-0.4, -0.2) is 37.2 Å². The van der Waals surface area contributed by atoms with Gasteiger partial charge >= 0.3 is 0 Å². The average Bonchev–Trinajstić information content (AvgIpc) is 2.01. The third-order valence-electron chi connectivity index (χ3n) is 1.81. The number of carbonyl (C=O) groups excluding carboxylic acids is 1. The maximum Gasteiger partial charge on any atom is 0.239 e. The zero-order valence-corrected chi connectivity index (χ0v) is 8.52. The molecule has 0 saturated carbocycles. The molecule has 0 aliphatic carbocycles. The number of carbonyl (C=O) groups is 1. The van der Waals surface area contributed by atoms with Crippen LogP contribution in [0, 0.1) is 0 Å². The maximum atomic E-state index is 11.3. The molecule has 76 valence electrons. The summed E-state index contributed by atoms with van der Waals surface area (Å²) in [4.78, 5) is 11.3. The first kappa shape index (κ1) is 10.5. The first-order valence-electron chi connectivity index (χ1n) is 4.64. The van der Waals surface area contributed by atoms with Gasteiger partial charge in [-0.1, -0.05) is 0 Å². The van der Waals surface area contributed by atoms with Crippen molar-refractivity contribution in [3.05, 3.63) is 0 Å². The van der Waals surface area contributed by atoms with Gasteiger partial charge in [-0.05, 0) is 20.8 Å². The van der Waals surface area contributed by atoms with Crippen molar-refractivity contribution in [3.63, 3.8) is 0 Å². The van der Waals surface area contributed by atoms with Crippen molar-refractivity contribution < 1.29 is 9.53 Å². The van der Waals surface area contributed by atoms with E-state index in [-0.39, 0.29) is 17.6 Å². The van der Waals surface area contributed by atoms with E-state index in [1.807, 2.05) is 20.8 Å². The highest BCUT2D eigenvalue weighted by molar-refractivity contribution is 5.82. The van der Waals surface area contributed by atoms with Gasteiger partial charge in [0, 0.05) is 13.1 Å². The second-order valence-corrected chi connectivity index (χ2v) is 4.22. The maximum absolute atomic E-state index is 11.3. The van der Waals surface area contributed by atoms with Gasteiger partial charge in [-0.25, -0.2) is 0 Å². The number of hydrogen-bond acceptors (Lipinski definition) is 3. The van der Waals surface area contributed by atoms with Crippen LogP contribution >= 0.6 is 0 Å². The topological polar surface area (TPSA) is 50.4 Å². The molecule has 1 amide bonds. The summed E-state index contributed by atoms with van der Waals surface area (Å²) < 4.78 is 5.52. The zero-order chi connectivity index (χ0) is 9.90. The predicted octanol–water partition coefficient (Wildman–Crippen LogP) is -0.110. The molecule has 0 spiro atoms. The van der Waals surface area contributed by atoms with Gasteiger partial charge < -0.3 is 15.4 Å². The molecule has 1 aliphatic heterocycles. The largest absolute Gasteiger partial charge is 0.374 e. The minimum atomic E-state index is -0.187. The number of nitrogens with one attached hydrogen (secondary N) is 2. The lowest BCUT2D eigenvalue weighted by atomic mass is 10.2. The van der Waals surface area contributed by atoms with Crippen LogP contribution in [-0.2, 0) is 9.53 Å². The molecular weight excluding hydrogens is 168 g/mol. The molecule has 0 radical (unpaired) electrons. The zero-order valence-electron chi connectivity index (χ0n) is 8.52. The monoisotopic (exact) mass is 186 g/mol. The first-order chi connectivity index (χ1) is 5.99. The van der Waals surface area contributed by atoms with Crippen LogP contribution in [0.3, 0.4) is 0 Å². The van der Waals surface area contributed by atoms with Crippen LogP contribution in [0.5, 0.6) is 0 Å². The van der Waals surface area contributed by atoms with Gasteiger partial charge in [-0.15, -0.1) is 0 Å². The number of rotatable bonds is 2. The predicted molar refractivity (Wildman–Crippen MR) is 50.5 cm³/mol. The van der Waals surface area contributed by atoms with E-state index >= 15 is 0 Å². The third kappa shape index (κ3) is 3.74. The second-order valence-electron chi connectivity index (χ2n) is 4.22. The van der Waals surface area contributed by atoms with Crippen molar-refractivity contribution in [3.8, 4) is 0 Å². The first-order valence-corrected chi connectivity index (χ1v) is 4.64. The summed E-state index contributed by atoms with van der Waals surface area (Å²) in [5.74, 6) is 0.0375. The van der Waals surface area contributed by atoms with Gasteiger partial charge in [0.15, 0.2) is 0 Å². The van der Waals surface area contributed by atoms with Crippen molar-refractivity contribution in [2.24, 2.45) is 0 Å². The minimum absolute atomic E-state index is 0.0375. The SMILES string of the molecule is CC(C)(C)OCC1NCCNC1=O. The molecule has 1 fully saturated rings. The Morgan fingerprint density at radius 1 is 1.46 bits per heavy atom. The van der Waals surface area contributed by atoms with E-state index in [9.17, 15) is 4.79 Å². The molecule has 0 aromatic rings. The quantitative estimate of drug-likeness (QED) is 0.632. The van der Waals surface area contributed by atoms with E-state index in [0.29, 0.717) is 13.2 Å². The molecule has 1 rings (SSSR count). The van der Waals surface area contributed by atoms with Crippen LogP contribution in [0.1, 0.15) is 20.8 Å². The highest BCUT2D eigenvalue weighted by atomic mass is 16.5. The molecule has 1 unspecified atom stereocenters. The Morgan fingerprint density at radius 2 is 2.15 bits per heavy atom.